The van der Waals surface area contributed by atoms with Gasteiger partial charge in [-0.2, -0.15) is 0 Å². The van der Waals surface area contributed by atoms with Crippen molar-refractivity contribution in [3.63, 3.8) is 0 Å². The number of cyclic esters (lactones) is 1. The topological polar surface area (TPSA) is 32.8 Å². The van der Waals surface area contributed by atoms with Gasteiger partial charge < -0.3 is 9.64 Å². The van der Waals surface area contributed by atoms with E-state index in [1.54, 1.807) is 0 Å². The number of carbonyl (C=O) groups excluding carboxylic acids is 1. The summed E-state index contributed by atoms with van der Waals surface area (Å²) >= 11 is 0. The smallest absolute Gasteiger partial charge is 0.410 e. The summed E-state index contributed by atoms with van der Waals surface area (Å²) < 4.78 is 5.57. The first-order valence-corrected chi connectivity index (χ1v) is 10.3. The van der Waals surface area contributed by atoms with Gasteiger partial charge in [-0.25, -0.2) is 4.79 Å². The summed E-state index contributed by atoms with van der Waals surface area (Å²) in [7, 11) is 2.24. The largest absolute Gasteiger partial charge is 0.447 e. The molecule has 0 bridgehead atoms. The number of nitrogens with zero attached hydrogens (tertiary/aromatic N) is 2. The Morgan fingerprint density at radius 1 is 1.00 bits per heavy atom. The first-order valence-electron chi connectivity index (χ1n) is 10.3. The number of rotatable bonds is 3. The Morgan fingerprint density at radius 2 is 1.67 bits per heavy atom. The number of piperidine rings is 1. The van der Waals surface area contributed by atoms with Crippen LogP contribution in [0.3, 0.4) is 0 Å². The molecule has 4 heteroatoms. The van der Waals surface area contributed by atoms with Crippen LogP contribution in [0.2, 0.25) is 0 Å². The van der Waals surface area contributed by atoms with Crippen molar-refractivity contribution in [3.8, 4) is 0 Å². The predicted octanol–water partition coefficient (Wildman–Crippen LogP) is 4.04. The fourth-order valence-electron chi connectivity index (χ4n) is 6.01. The van der Waals surface area contributed by atoms with Gasteiger partial charge >= 0.3 is 6.09 Å². The molecular weight excluding hydrogens is 300 g/mol. The van der Waals surface area contributed by atoms with E-state index >= 15 is 0 Å². The van der Waals surface area contributed by atoms with E-state index in [0.29, 0.717) is 12.0 Å². The average molecular weight is 335 g/mol. The van der Waals surface area contributed by atoms with Gasteiger partial charge in [0.15, 0.2) is 0 Å². The van der Waals surface area contributed by atoms with Crippen molar-refractivity contribution in [2.45, 2.75) is 76.2 Å². The summed E-state index contributed by atoms with van der Waals surface area (Å²) in [5.74, 6) is 0.812. The van der Waals surface area contributed by atoms with Gasteiger partial charge in [-0.1, -0.05) is 32.1 Å². The highest BCUT2D eigenvalue weighted by molar-refractivity contribution is 5.71. The van der Waals surface area contributed by atoms with Crippen molar-refractivity contribution >= 4 is 6.09 Å². The van der Waals surface area contributed by atoms with E-state index in [0.717, 1.165) is 25.3 Å². The third-order valence-corrected chi connectivity index (χ3v) is 7.72. The lowest BCUT2D eigenvalue weighted by molar-refractivity contribution is -0.00319. The van der Waals surface area contributed by atoms with Crippen molar-refractivity contribution in [3.05, 3.63) is 0 Å². The maximum atomic E-state index is 12.6. The van der Waals surface area contributed by atoms with Gasteiger partial charge in [-0.3, -0.25) is 4.90 Å². The minimum absolute atomic E-state index is 0.0222. The van der Waals surface area contributed by atoms with Crippen molar-refractivity contribution in [1.29, 1.82) is 0 Å². The Kier molecular flexibility index (Phi) is 4.53. The zero-order valence-electron chi connectivity index (χ0n) is 15.4. The summed E-state index contributed by atoms with van der Waals surface area (Å²) in [6.07, 6.45) is 14.2. The molecule has 2 saturated heterocycles. The highest BCUT2D eigenvalue weighted by atomic mass is 16.6. The molecule has 0 unspecified atom stereocenters. The molecule has 0 aromatic rings. The van der Waals surface area contributed by atoms with E-state index < -0.39 is 0 Å². The molecule has 4 fully saturated rings. The molecule has 4 nitrogen and oxygen atoms in total. The minimum Gasteiger partial charge on any atom is -0.447 e. The van der Waals surface area contributed by atoms with E-state index in [2.05, 4.69) is 16.8 Å². The molecule has 4 aliphatic rings. The second-order valence-electron chi connectivity index (χ2n) is 9.07. The normalized spacial score (nSPS) is 30.9. The summed E-state index contributed by atoms with van der Waals surface area (Å²) in [6, 6.07) is 0. The van der Waals surface area contributed by atoms with Gasteiger partial charge in [-0.15, -0.1) is 0 Å². The van der Waals surface area contributed by atoms with Crippen LogP contribution in [0.5, 0.6) is 0 Å². The lowest BCUT2D eigenvalue weighted by Crippen LogP contribution is -2.55. The van der Waals surface area contributed by atoms with Gasteiger partial charge in [-0.05, 0) is 70.0 Å². The van der Waals surface area contributed by atoms with Crippen LogP contribution in [0.1, 0.15) is 70.6 Å². The van der Waals surface area contributed by atoms with Crippen LogP contribution in [0.4, 0.5) is 4.79 Å². The molecular formula is C20H34N2O2. The zero-order valence-corrected chi connectivity index (χ0v) is 15.4. The standard InChI is InChI=1S/C20H34N2O2/c1-21-13-11-19(12-14-21,17-7-3-2-4-8-17)15-22-18(23)24-16-20(22)9-5-6-10-20/h17H,2-16H2,1H3. The average Bonchev–Trinajstić information content (AvgIpc) is 3.21. The number of ether oxygens (including phenoxy) is 1. The van der Waals surface area contributed by atoms with Gasteiger partial charge in [0.1, 0.15) is 6.61 Å². The molecule has 136 valence electrons. The van der Waals surface area contributed by atoms with Crippen LogP contribution in [0.25, 0.3) is 0 Å². The van der Waals surface area contributed by atoms with E-state index in [4.69, 9.17) is 4.74 Å². The predicted molar refractivity (Wildman–Crippen MR) is 95.0 cm³/mol. The van der Waals surface area contributed by atoms with Crippen molar-refractivity contribution < 1.29 is 9.53 Å². The molecule has 0 atom stereocenters. The Balaban J connectivity index is 1.57. The first kappa shape index (κ1) is 16.7. The third-order valence-electron chi connectivity index (χ3n) is 7.72. The molecule has 0 aromatic carbocycles. The fraction of sp³-hybridized carbons (Fsp3) is 0.950. The van der Waals surface area contributed by atoms with E-state index in [1.807, 2.05) is 0 Å². The number of hydrogen-bond donors (Lipinski definition) is 0. The second kappa shape index (κ2) is 6.51. The minimum atomic E-state index is -0.0222. The van der Waals surface area contributed by atoms with Crippen molar-refractivity contribution in [2.75, 3.05) is 33.3 Å². The molecule has 24 heavy (non-hydrogen) atoms. The summed E-state index contributed by atoms with van der Waals surface area (Å²) in [6.45, 7) is 3.98. The van der Waals surface area contributed by atoms with Crippen molar-refractivity contribution in [1.82, 2.24) is 9.80 Å². The molecule has 0 aromatic heterocycles. The van der Waals surface area contributed by atoms with Gasteiger partial charge in [0, 0.05) is 6.54 Å². The molecule has 2 saturated carbocycles. The molecule has 0 N–H and O–H groups in total. The number of hydrogen-bond acceptors (Lipinski definition) is 3. The van der Waals surface area contributed by atoms with Gasteiger partial charge in [0.25, 0.3) is 0 Å². The fourth-order valence-corrected chi connectivity index (χ4v) is 6.01. The Bertz CT molecular complexity index is 458. The number of amides is 1. The highest BCUT2D eigenvalue weighted by Gasteiger charge is 2.53. The van der Waals surface area contributed by atoms with E-state index in [-0.39, 0.29) is 11.6 Å². The summed E-state index contributed by atoms with van der Waals surface area (Å²) in [5, 5.41) is 0. The molecule has 2 aliphatic carbocycles. The van der Waals surface area contributed by atoms with Gasteiger partial charge in [0.2, 0.25) is 0 Å². The molecule has 1 amide bonds. The quantitative estimate of drug-likeness (QED) is 0.781. The molecule has 2 heterocycles. The van der Waals surface area contributed by atoms with Crippen LogP contribution in [0, 0.1) is 11.3 Å². The molecule has 1 spiro atoms. The monoisotopic (exact) mass is 334 g/mol. The highest BCUT2D eigenvalue weighted by Crippen LogP contribution is 2.49. The Hall–Kier alpha value is -0.770. The zero-order chi connectivity index (χ0) is 16.6. The summed E-state index contributed by atoms with van der Waals surface area (Å²) in [4.78, 5) is 17.3. The van der Waals surface area contributed by atoms with Crippen molar-refractivity contribution in [2.24, 2.45) is 11.3 Å². The number of likely N-dealkylation sites (tertiary alicyclic amines) is 1. The maximum absolute atomic E-state index is 12.6. The Morgan fingerprint density at radius 3 is 2.33 bits per heavy atom. The molecule has 2 aliphatic heterocycles. The van der Waals surface area contributed by atoms with Gasteiger partial charge in [0.05, 0.1) is 5.54 Å². The number of carbonyl (C=O) groups is 1. The lowest BCUT2D eigenvalue weighted by atomic mass is 9.63. The van der Waals surface area contributed by atoms with Crippen LogP contribution in [-0.4, -0.2) is 54.7 Å². The van der Waals surface area contributed by atoms with Crippen LogP contribution >= 0.6 is 0 Å². The Labute approximate surface area is 146 Å². The first-order chi connectivity index (χ1) is 11.6. The third kappa shape index (κ3) is 2.85. The molecule has 0 radical (unpaired) electrons. The SMILES string of the molecule is CN1CCC(CN2C(=O)OCC23CCCC3)(C2CCCCC2)CC1. The van der Waals surface area contributed by atoms with Crippen LogP contribution < -0.4 is 0 Å². The maximum Gasteiger partial charge on any atom is 0.410 e. The van der Waals surface area contributed by atoms with E-state index in [1.165, 1.54) is 70.9 Å². The summed E-state index contributed by atoms with van der Waals surface area (Å²) in [5.41, 5.74) is 0.383. The van der Waals surface area contributed by atoms with E-state index in [9.17, 15) is 4.79 Å². The second-order valence-corrected chi connectivity index (χ2v) is 9.07. The molecule has 4 rings (SSSR count). The lowest BCUT2D eigenvalue weighted by Gasteiger charge is -2.50. The van der Waals surface area contributed by atoms with Crippen LogP contribution in [-0.2, 0) is 4.74 Å². The van der Waals surface area contributed by atoms with Crippen LogP contribution in [0.15, 0.2) is 0 Å².